The molecule has 3 heterocycles. The summed E-state index contributed by atoms with van der Waals surface area (Å²) < 4.78 is 16.6. The molecule has 1 aliphatic heterocycles. The van der Waals surface area contributed by atoms with Crippen molar-refractivity contribution in [3.05, 3.63) is 35.7 Å². The first-order valence-electron chi connectivity index (χ1n) is 8.41. The van der Waals surface area contributed by atoms with E-state index in [0.717, 1.165) is 0 Å². The Kier molecular flexibility index (Phi) is 5.28. The van der Waals surface area contributed by atoms with Gasteiger partial charge in [0.2, 0.25) is 17.7 Å². The average Bonchev–Trinajstić information content (AvgIpc) is 3.13. The molecule has 3 rings (SSSR count). The number of carbonyl (C=O) groups is 1. The van der Waals surface area contributed by atoms with Crippen molar-refractivity contribution in [2.45, 2.75) is 32.8 Å². The summed E-state index contributed by atoms with van der Waals surface area (Å²) in [5.41, 5.74) is 0.512. The van der Waals surface area contributed by atoms with E-state index < -0.39 is 6.10 Å². The van der Waals surface area contributed by atoms with Gasteiger partial charge in [0.15, 0.2) is 6.10 Å². The van der Waals surface area contributed by atoms with E-state index in [4.69, 9.17) is 13.9 Å². The van der Waals surface area contributed by atoms with Gasteiger partial charge in [-0.05, 0) is 13.0 Å². The molecule has 25 heavy (non-hydrogen) atoms. The van der Waals surface area contributed by atoms with Gasteiger partial charge < -0.3 is 18.8 Å². The van der Waals surface area contributed by atoms with Gasteiger partial charge in [-0.3, -0.25) is 4.79 Å². The highest BCUT2D eigenvalue weighted by atomic mass is 16.5. The highest BCUT2D eigenvalue weighted by molar-refractivity contribution is 5.94. The van der Waals surface area contributed by atoms with Gasteiger partial charge in [-0.15, -0.1) is 10.2 Å². The number of rotatable bonds is 5. The van der Waals surface area contributed by atoms with Gasteiger partial charge in [-0.1, -0.05) is 13.8 Å². The van der Waals surface area contributed by atoms with E-state index in [-0.39, 0.29) is 11.8 Å². The SMILES string of the molecule is CCOc1ccc(C(=O)N2CCO[C@@H](c3nnc(C(C)C)o3)C2)cn1. The lowest BCUT2D eigenvalue weighted by molar-refractivity contribution is -0.0351. The molecule has 8 heteroatoms. The number of hydrogen-bond acceptors (Lipinski definition) is 7. The van der Waals surface area contributed by atoms with Crippen LogP contribution in [0.5, 0.6) is 5.88 Å². The third-order valence-corrected chi connectivity index (χ3v) is 3.85. The van der Waals surface area contributed by atoms with E-state index in [0.29, 0.717) is 49.5 Å². The van der Waals surface area contributed by atoms with Gasteiger partial charge in [0, 0.05) is 24.7 Å². The smallest absolute Gasteiger partial charge is 0.255 e. The molecule has 0 aliphatic carbocycles. The normalized spacial score (nSPS) is 17.8. The summed E-state index contributed by atoms with van der Waals surface area (Å²) in [4.78, 5) is 18.5. The zero-order chi connectivity index (χ0) is 17.8. The second kappa shape index (κ2) is 7.60. The molecule has 0 saturated carbocycles. The molecule has 134 valence electrons. The van der Waals surface area contributed by atoms with E-state index in [2.05, 4.69) is 15.2 Å². The highest BCUT2D eigenvalue weighted by Gasteiger charge is 2.30. The minimum atomic E-state index is -0.409. The molecule has 1 amide bonds. The Morgan fingerprint density at radius 2 is 2.24 bits per heavy atom. The molecule has 1 saturated heterocycles. The Balaban J connectivity index is 1.68. The molecule has 0 radical (unpaired) electrons. The van der Waals surface area contributed by atoms with Crippen LogP contribution < -0.4 is 4.74 Å². The number of carbonyl (C=O) groups excluding carboxylic acids is 1. The van der Waals surface area contributed by atoms with Crippen LogP contribution in [-0.4, -0.2) is 52.3 Å². The van der Waals surface area contributed by atoms with Crippen LogP contribution in [0.4, 0.5) is 0 Å². The lowest BCUT2D eigenvalue weighted by Crippen LogP contribution is -2.42. The first kappa shape index (κ1) is 17.3. The Morgan fingerprint density at radius 3 is 2.88 bits per heavy atom. The average molecular weight is 346 g/mol. The van der Waals surface area contributed by atoms with E-state index in [1.54, 1.807) is 17.0 Å². The lowest BCUT2D eigenvalue weighted by Gasteiger charge is -2.31. The molecule has 1 fully saturated rings. The van der Waals surface area contributed by atoms with E-state index in [1.807, 2.05) is 20.8 Å². The highest BCUT2D eigenvalue weighted by Crippen LogP contribution is 2.24. The van der Waals surface area contributed by atoms with E-state index in [1.165, 1.54) is 6.20 Å². The van der Waals surface area contributed by atoms with Crippen LogP contribution in [0.2, 0.25) is 0 Å². The van der Waals surface area contributed by atoms with Crippen molar-refractivity contribution in [1.82, 2.24) is 20.1 Å². The summed E-state index contributed by atoms with van der Waals surface area (Å²) >= 11 is 0. The van der Waals surface area contributed by atoms with Gasteiger partial charge in [-0.2, -0.15) is 0 Å². The van der Waals surface area contributed by atoms with Crippen molar-refractivity contribution in [3.8, 4) is 5.88 Å². The van der Waals surface area contributed by atoms with Crippen molar-refractivity contribution >= 4 is 5.91 Å². The minimum absolute atomic E-state index is 0.104. The summed E-state index contributed by atoms with van der Waals surface area (Å²) in [7, 11) is 0. The Labute approximate surface area is 146 Å². The lowest BCUT2D eigenvalue weighted by atomic mass is 10.2. The predicted molar refractivity (Wildman–Crippen MR) is 88.4 cm³/mol. The van der Waals surface area contributed by atoms with E-state index in [9.17, 15) is 4.79 Å². The van der Waals surface area contributed by atoms with Crippen LogP contribution in [0.25, 0.3) is 0 Å². The molecule has 8 nitrogen and oxygen atoms in total. The number of pyridine rings is 1. The van der Waals surface area contributed by atoms with Crippen molar-refractivity contribution in [2.24, 2.45) is 0 Å². The maximum absolute atomic E-state index is 12.7. The number of morpholine rings is 1. The number of nitrogens with zero attached hydrogens (tertiary/aromatic N) is 4. The summed E-state index contributed by atoms with van der Waals surface area (Å²) in [5, 5.41) is 8.07. The Bertz CT molecular complexity index is 714. The van der Waals surface area contributed by atoms with Gasteiger partial charge in [-0.25, -0.2) is 4.98 Å². The van der Waals surface area contributed by atoms with Crippen LogP contribution in [0.1, 0.15) is 54.9 Å². The van der Waals surface area contributed by atoms with Crippen LogP contribution in [0, 0.1) is 0 Å². The van der Waals surface area contributed by atoms with Crippen LogP contribution >= 0.6 is 0 Å². The molecular formula is C17H22N4O4. The zero-order valence-corrected chi connectivity index (χ0v) is 14.6. The molecule has 0 spiro atoms. The third kappa shape index (κ3) is 3.96. The fourth-order valence-corrected chi connectivity index (χ4v) is 2.52. The molecule has 0 N–H and O–H groups in total. The maximum Gasteiger partial charge on any atom is 0.255 e. The van der Waals surface area contributed by atoms with Crippen LogP contribution in [0.15, 0.2) is 22.7 Å². The largest absolute Gasteiger partial charge is 0.478 e. The number of ether oxygens (including phenoxy) is 2. The fraction of sp³-hybridized carbons (Fsp3) is 0.529. The summed E-state index contributed by atoms with van der Waals surface area (Å²) in [5.74, 6) is 1.53. The first-order valence-corrected chi connectivity index (χ1v) is 8.41. The number of aromatic nitrogens is 3. The molecule has 0 aromatic carbocycles. The van der Waals surface area contributed by atoms with Crippen molar-refractivity contribution < 1.29 is 18.7 Å². The Morgan fingerprint density at radius 1 is 1.40 bits per heavy atom. The standard InChI is InChI=1S/C17H22N4O4/c1-4-23-14-6-5-12(9-18-14)17(22)21-7-8-24-13(10-21)16-20-19-15(25-16)11(2)3/h5-6,9,11,13H,4,7-8,10H2,1-3H3/t13-/m1/s1. The minimum Gasteiger partial charge on any atom is -0.478 e. The number of hydrogen-bond donors (Lipinski definition) is 0. The monoisotopic (exact) mass is 346 g/mol. The predicted octanol–water partition coefficient (Wildman–Crippen LogP) is 2.20. The third-order valence-electron chi connectivity index (χ3n) is 3.85. The van der Waals surface area contributed by atoms with Crippen molar-refractivity contribution in [1.29, 1.82) is 0 Å². The maximum atomic E-state index is 12.7. The second-order valence-corrected chi connectivity index (χ2v) is 6.06. The Hall–Kier alpha value is -2.48. The summed E-state index contributed by atoms with van der Waals surface area (Å²) in [6.45, 7) is 7.67. The molecule has 2 aromatic rings. The first-order chi connectivity index (χ1) is 12.1. The molecule has 1 aliphatic rings. The number of amides is 1. The fourth-order valence-electron chi connectivity index (χ4n) is 2.52. The second-order valence-electron chi connectivity index (χ2n) is 6.06. The van der Waals surface area contributed by atoms with Gasteiger partial charge in [0.1, 0.15) is 0 Å². The molecule has 0 unspecified atom stereocenters. The van der Waals surface area contributed by atoms with Crippen molar-refractivity contribution in [2.75, 3.05) is 26.3 Å². The van der Waals surface area contributed by atoms with Gasteiger partial charge in [0.05, 0.1) is 25.3 Å². The van der Waals surface area contributed by atoms with Crippen LogP contribution in [0.3, 0.4) is 0 Å². The molecule has 0 bridgehead atoms. The summed E-state index contributed by atoms with van der Waals surface area (Å²) in [6, 6.07) is 3.41. The van der Waals surface area contributed by atoms with Crippen LogP contribution in [-0.2, 0) is 4.74 Å². The zero-order valence-electron chi connectivity index (χ0n) is 14.6. The summed E-state index contributed by atoms with van der Waals surface area (Å²) in [6.07, 6.45) is 1.12. The molecule has 1 atom stereocenters. The topological polar surface area (TPSA) is 90.6 Å². The van der Waals surface area contributed by atoms with Crippen molar-refractivity contribution in [3.63, 3.8) is 0 Å². The van der Waals surface area contributed by atoms with E-state index >= 15 is 0 Å². The van der Waals surface area contributed by atoms with Gasteiger partial charge >= 0.3 is 0 Å². The quantitative estimate of drug-likeness (QED) is 0.819. The molecular weight excluding hydrogens is 324 g/mol. The van der Waals surface area contributed by atoms with Gasteiger partial charge in [0.25, 0.3) is 5.91 Å². The molecule has 2 aromatic heterocycles.